The zero-order valence-electron chi connectivity index (χ0n) is 9.86. The topological polar surface area (TPSA) is 27.7 Å². The van der Waals surface area contributed by atoms with E-state index in [4.69, 9.17) is 14.2 Å². The lowest BCUT2D eigenvalue weighted by Crippen LogP contribution is -2.35. The lowest BCUT2D eigenvalue weighted by atomic mass is 9.72. The normalized spacial score (nSPS) is 57.1. The van der Waals surface area contributed by atoms with Crippen molar-refractivity contribution in [2.45, 2.75) is 31.2 Å². The molecule has 18 heavy (non-hydrogen) atoms. The predicted molar refractivity (Wildman–Crippen MR) is 61.3 cm³/mol. The number of fused-ring (bicyclic) bond motifs is 3. The molecule has 3 heteroatoms. The maximum Gasteiger partial charge on any atom is 0.164 e. The van der Waals surface area contributed by atoms with Crippen molar-refractivity contribution < 1.29 is 14.2 Å². The Hall–Kier alpha value is -0.900. The maximum atomic E-state index is 6.21. The molecule has 92 valence electrons. The average molecular weight is 242 g/mol. The number of hydrogen-bond donors (Lipinski definition) is 0. The zero-order chi connectivity index (χ0) is 11.4. The third kappa shape index (κ3) is 0.778. The third-order valence-electron chi connectivity index (χ3n) is 5.81. The molecule has 8 atom stereocenters. The van der Waals surface area contributed by atoms with E-state index in [0.29, 0.717) is 23.7 Å². The summed E-state index contributed by atoms with van der Waals surface area (Å²) < 4.78 is 18.4. The Morgan fingerprint density at radius 3 is 1.89 bits per heavy atom. The van der Waals surface area contributed by atoms with Gasteiger partial charge in [0.2, 0.25) is 0 Å². The monoisotopic (exact) mass is 242 g/mol. The van der Waals surface area contributed by atoms with Gasteiger partial charge in [-0.25, -0.2) is 0 Å². The summed E-state index contributed by atoms with van der Waals surface area (Å²) in [6, 6.07) is 8.65. The quantitative estimate of drug-likeness (QED) is 0.699. The van der Waals surface area contributed by atoms with Crippen LogP contribution in [0.15, 0.2) is 24.3 Å². The highest BCUT2D eigenvalue weighted by Crippen LogP contribution is 2.70. The van der Waals surface area contributed by atoms with E-state index in [1.807, 2.05) is 0 Å². The van der Waals surface area contributed by atoms with Gasteiger partial charge in [-0.15, -0.1) is 0 Å². The molecule has 1 aromatic carbocycles. The van der Waals surface area contributed by atoms with E-state index in [9.17, 15) is 0 Å². The van der Waals surface area contributed by atoms with Gasteiger partial charge in [-0.3, -0.25) is 0 Å². The number of rotatable bonds is 0. The molecule has 3 heterocycles. The molecular formula is C15H14O3. The average Bonchev–Trinajstić information content (AvgIpc) is 3.04. The van der Waals surface area contributed by atoms with E-state index in [1.165, 1.54) is 17.5 Å². The fourth-order valence-corrected chi connectivity index (χ4v) is 5.30. The Balaban J connectivity index is 1.68. The second-order valence-electron chi connectivity index (χ2n) is 6.33. The molecule has 6 rings (SSSR count). The molecule has 0 radical (unpaired) electrons. The van der Waals surface area contributed by atoms with Gasteiger partial charge in [-0.1, -0.05) is 24.3 Å². The van der Waals surface area contributed by atoms with Crippen molar-refractivity contribution in [3.8, 4) is 0 Å². The van der Waals surface area contributed by atoms with Gasteiger partial charge in [0, 0.05) is 23.7 Å². The van der Waals surface area contributed by atoms with Crippen LogP contribution in [0.3, 0.4) is 0 Å². The summed E-state index contributed by atoms with van der Waals surface area (Å²) in [7, 11) is 0. The Bertz CT molecular complexity index is 509. The first-order chi connectivity index (χ1) is 8.92. The summed E-state index contributed by atoms with van der Waals surface area (Å²) in [5, 5.41) is 0. The van der Waals surface area contributed by atoms with Crippen LogP contribution in [0.4, 0.5) is 0 Å². The van der Waals surface area contributed by atoms with Crippen molar-refractivity contribution in [2.75, 3.05) is 0 Å². The van der Waals surface area contributed by atoms with Crippen LogP contribution in [-0.2, 0) is 14.2 Å². The standard InChI is InChI=1S/C15H14O3/c1-2-4-7-6(3-1)12-10-8-5-9-11(10)13(7)17-15(9)18-14(8)16-12/h1-4,8-15H,5H2. The Labute approximate surface area is 105 Å². The second-order valence-corrected chi connectivity index (χ2v) is 6.33. The smallest absolute Gasteiger partial charge is 0.164 e. The fraction of sp³-hybridized carbons (Fsp3) is 0.600. The second kappa shape index (κ2) is 2.67. The molecule has 2 aliphatic carbocycles. The molecule has 0 N–H and O–H groups in total. The van der Waals surface area contributed by atoms with Crippen LogP contribution in [0.5, 0.6) is 0 Å². The lowest BCUT2D eigenvalue weighted by molar-refractivity contribution is -0.272. The summed E-state index contributed by atoms with van der Waals surface area (Å²) in [6.45, 7) is 0. The number of hydrogen-bond acceptors (Lipinski definition) is 3. The summed E-state index contributed by atoms with van der Waals surface area (Å²) in [5.41, 5.74) is 2.70. The van der Waals surface area contributed by atoms with Crippen molar-refractivity contribution >= 4 is 0 Å². The molecule has 1 aromatic rings. The van der Waals surface area contributed by atoms with Gasteiger partial charge in [0.1, 0.15) is 0 Å². The van der Waals surface area contributed by atoms with Crippen molar-refractivity contribution in [1.82, 2.24) is 0 Å². The van der Waals surface area contributed by atoms with Gasteiger partial charge < -0.3 is 14.2 Å². The molecule has 1 saturated carbocycles. The van der Waals surface area contributed by atoms with Crippen molar-refractivity contribution in [3.63, 3.8) is 0 Å². The number of ether oxygens (including phenoxy) is 3. The highest BCUT2D eigenvalue weighted by atomic mass is 16.8. The van der Waals surface area contributed by atoms with E-state index >= 15 is 0 Å². The molecular weight excluding hydrogens is 228 g/mol. The van der Waals surface area contributed by atoms with E-state index < -0.39 is 0 Å². The number of benzene rings is 1. The molecule has 0 spiro atoms. The highest BCUT2D eigenvalue weighted by molar-refractivity contribution is 5.38. The van der Waals surface area contributed by atoms with Crippen LogP contribution >= 0.6 is 0 Å². The van der Waals surface area contributed by atoms with Gasteiger partial charge in [0.15, 0.2) is 12.6 Å². The fourth-order valence-electron chi connectivity index (χ4n) is 5.30. The molecule has 5 aliphatic rings. The molecule has 8 unspecified atom stereocenters. The zero-order valence-corrected chi connectivity index (χ0v) is 9.86. The largest absolute Gasteiger partial charge is 0.344 e. The van der Waals surface area contributed by atoms with Crippen LogP contribution in [0.2, 0.25) is 0 Å². The first-order valence-corrected chi connectivity index (χ1v) is 6.97. The summed E-state index contributed by atoms with van der Waals surface area (Å²) in [4.78, 5) is 0. The lowest BCUT2D eigenvalue weighted by Gasteiger charge is -2.35. The van der Waals surface area contributed by atoms with Gasteiger partial charge in [0.25, 0.3) is 0 Å². The Morgan fingerprint density at radius 2 is 1.33 bits per heavy atom. The molecule has 3 nitrogen and oxygen atoms in total. The van der Waals surface area contributed by atoms with Crippen LogP contribution < -0.4 is 0 Å². The summed E-state index contributed by atoms with van der Waals surface area (Å²) >= 11 is 0. The molecule has 0 amide bonds. The van der Waals surface area contributed by atoms with Gasteiger partial charge in [-0.2, -0.15) is 0 Å². The molecule has 2 bridgehead atoms. The van der Waals surface area contributed by atoms with Gasteiger partial charge >= 0.3 is 0 Å². The van der Waals surface area contributed by atoms with Gasteiger partial charge in [-0.05, 0) is 17.5 Å². The summed E-state index contributed by atoms with van der Waals surface area (Å²) in [5.74, 6) is 2.49. The Kier molecular flexibility index (Phi) is 1.34. The molecule has 0 aromatic heterocycles. The van der Waals surface area contributed by atoms with E-state index in [-0.39, 0.29) is 24.8 Å². The van der Waals surface area contributed by atoms with Crippen LogP contribution in [-0.4, -0.2) is 12.6 Å². The first-order valence-electron chi connectivity index (χ1n) is 6.97. The molecule has 3 saturated heterocycles. The van der Waals surface area contributed by atoms with E-state index in [2.05, 4.69) is 24.3 Å². The van der Waals surface area contributed by atoms with Crippen LogP contribution in [0.25, 0.3) is 0 Å². The van der Waals surface area contributed by atoms with Crippen LogP contribution in [0, 0.1) is 23.7 Å². The first kappa shape index (κ1) is 9.08. The van der Waals surface area contributed by atoms with Crippen molar-refractivity contribution in [1.29, 1.82) is 0 Å². The minimum absolute atomic E-state index is 0.0154. The van der Waals surface area contributed by atoms with E-state index in [0.717, 1.165) is 0 Å². The van der Waals surface area contributed by atoms with E-state index in [1.54, 1.807) is 0 Å². The molecule has 3 aliphatic heterocycles. The van der Waals surface area contributed by atoms with Crippen molar-refractivity contribution in [3.05, 3.63) is 35.4 Å². The highest BCUT2D eigenvalue weighted by Gasteiger charge is 2.69. The molecule has 4 fully saturated rings. The minimum Gasteiger partial charge on any atom is -0.344 e. The van der Waals surface area contributed by atoms with Crippen LogP contribution in [0.1, 0.15) is 29.8 Å². The summed E-state index contributed by atoms with van der Waals surface area (Å²) in [6.07, 6.45) is 1.72. The van der Waals surface area contributed by atoms with Gasteiger partial charge in [0.05, 0.1) is 12.2 Å². The maximum absolute atomic E-state index is 6.21. The van der Waals surface area contributed by atoms with Crippen molar-refractivity contribution in [2.24, 2.45) is 23.7 Å². The minimum atomic E-state index is -0.0154. The third-order valence-corrected chi connectivity index (χ3v) is 5.81. The SMILES string of the molecule is c1ccc2c(c1)C1OC3OC4OC2C2C4CC3C12. The predicted octanol–water partition coefficient (Wildman–Crippen LogP) is 2.39. The Morgan fingerprint density at radius 1 is 0.778 bits per heavy atom.